The molecule has 1 spiro atoms. The van der Waals surface area contributed by atoms with E-state index in [9.17, 15) is 18.0 Å². The lowest BCUT2D eigenvalue weighted by Gasteiger charge is -2.25. The number of halogens is 3. The molecule has 1 amide bonds. The van der Waals surface area contributed by atoms with Gasteiger partial charge in [-0.05, 0) is 42.5 Å². The fourth-order valence-electron chi connectivity index (χ4n) is 3.14. The Labute approximate surface area is 120 Å². The quantitative estimate of drug-likeness (QED) is 0.798. The first kappa shape index (κ1) is 14.2. The highest BCUT2D eigenvalue weighted by Crippen LogP contribution is 2.51. The molecule has 114 valence electrons. The number of hydrogen-bond acceptors (Lipinski definition) is 2. The van der Waals surface area contributed by atoms with Gasteiger partial charge in [0.15, 0.2) is 0 Å². The van der Waals surface area contributed by atoms with Crippen LogP contribution in [0.4, 0.5) is 13.2 Å². The zero-order valence-corrected chi connectivity index (χ0v) is 11.7. The van der Waals surface area contributed by atoms with Gasteiger partial charge in [0, 0.05) is 18.5 Å². The first-order chi connectivity index (χ1) is 9.86. The fourth-order valence-corrected chi connectivity index (χ4v) is 3.14. The highest BCUT2D eigenvalue weighted by Gasteiger charge is 2.52. The molecule has 3 nitrogen and oxygen atoms in total. The fraction of sp³-hybridized carbons (Fsp3) is 0.533. The topological polar surface area (TPSA) is 29.5 Å². The molecular formula is C15H16F3NO2. The van der Waals surface area contributed by atoms with Crippen molar-refractivity contribution < 1.29 is 22.7 Å². The van der Waals surface area contributed by atoms with Crippen molar-refractivity contribution in [2.75, 3.05) is 20.2 Å². The Hall–Kier alpha value is -1.72. The van der Waals surface area contributed by atoms with E-state index in [-0.39, 0.29) is 18.5 Å². The summed E-state index contributed by atoms with van der Waals surface area (Å²) in [5.41, 5.74) is 1.77. The van der Waals surface area contributed by atoms with Crippen molar-refractivity contribution in [2.24, 2.45) is 0 Å². The van der Waals surface area contributed by atoms with Crippen LogP contribution < -0.4 is 4.74 Å². The van der Waals surface area contributed by atoms with Crippen LogP contribution in [0.15, 0.2) is 18.2 Å². The minimum Gasteiger partial charge on any atom is -0.497 e. The summed E-state index contributed by atoms with van der Waals surface area (Å²) in [5.74, 6) is -1.03. The molecule has 0 unspecified atom stereocenters. The molecule has 0 N–H and O–H groups in total. The lowest BCUT2D eigenvalue weighted by atomic mass is 9.91. The molecule has 2 aliphatic rings. The van der Waals surface area contributed by atoms with Gasteiger partial charge in [0.1, 0.15) is 5.75 Å². The molecule has 1 aromatic carbocycles. The first-order valence-corrected chi connectivity index (χ1v) is 6.89. The van der Waals surface area contributed by atoms with Gasteiger partial charge in [-0.2, -0.15) is 13.2 Å². The Kier molecular flexibility index (Phi) is 3.15. The van der Waals surface area contributed by atoms with E-state index in [0.29, 0.717) is 12.2 Å². The van der Waals surface area contributed by atoms with Gasteiger partial charge in [-0.1, -0.05) is 6.07 Å². The molecule has 0 aromatic heterocycles. The van der Waals surface area contributed by atoms with Crippen LogP contribution in [0.2, 0.25) is 0 Å². The van der Waals surface area contributed by atoms with Crippen molar-refractivity contribution in [1.29, 1.82) is 0 Å². The third-order valence-electron chi connectivity index (χ3n) is 4.41. The lowest BCUT2D eigenvalue weighted by Crippen LogP contribution is -2.44. The number of carbonyl (C=O) groups excluding carboxylic acids is 1. The lowest BCUT2D eigenvalue weighted by molar-refractivity contribution is -0.185. The van der Waals surface area contributed by atoms with E-state index in [1.165, 1.54) is 0 Å². The van der Waals surface area contributed by atoms with Crippen molar-refractivity contribution in [1.82, 2.24) is 4.90 Å². The number of hydrogen-bond donors (Lipinski definition) is 0. The van der Waals surface area contributed by atoms with Gasteiger partial charge in [-0.15, -0.1) is 0 Å². The summed E-state index contributed by atoms with van der Waals surface area (Å²) in [5, 5.41) is 0. The molecule has 0 bridgehead atoms. The Morgan fingerprint density at radius 1 is 1.33 bits per heavy atom. The normalized spacial score (nSPS) is 19.9. The molecular weight excluding hydrogens is 283 g/mol. The summed E-state index contributed by atoms with van der Waals surface area (Å²) in [7, 11) is 1.56. The van der Waals surface area contributed by atoms with Crippen LogP contribution in [0.25, 0.3) is 0 Å². The van der Waals surface area contributed by atoms with Crippen molar-refractivity contribution in [3.05, 3.63) is 29.3 Å². The summed E-state index contributed by atoms with van der Waals surface area (Å²) in [6, 6.07) is 5.64. The molecule has 3 rings (SSSR count). The average Bonchev–Trinajstić information content (AvgIpc) is 3.23. The molecule has 1 saturated carbocycles. The Balaban J connectivity index is 1.92. The van der Waals surface area contributed by atoms with E-state index >= 15 is 0 Å². The van der Waals surface area contributed by atoms with Gasteiger partial charge in [0.2, 0.25) is 0 Å². The second-order valence-electron chi connectivity index (χ2n) is 5.78. The molecule has 6 heteroatoms. The second-order valence-corrected chi connectivity index (χ2v) is 5.78. The monoisotopic (exact) mass is 299 g/mol. The van der Waals surface area contributed by atoms with Crippen LogP contribution in [-0.4, -0.2) is 37.2 Å². The number of rotatable bonds is 1. The Bertz CT molecular complexity index is 579. The van der Waals surface area contributed by atoms with E-state index in [1.807, 2.05) is 18.2 Å². The van der Waals surface area contributed by atoms with Crippen LogP contribution in [0.1, 0.15) is 24.0 Å². The number of carbonyl (C=O) groups is 1. The predicted molar refractivity (Wildman–Crippen MR) is 70.2 cm³/mol. The maximum Gasteiger partial charge on any atom is 0.471 e. The molecule has 0 atom stereocenters. The predicted octanol–water partition coefficient (Wildman–Crippen LogP) is 2.67. The zero-order valence-electron chi connectivity index (χ0n) is 11.7. The number of methoxy groups -OCH3 is 1. The minimum absolute atomic E-state index is 0.0975. The summed E-state index contributed by atoms with van der Waals surface area (Å²) in [6.07, 6.45) is -2.72. The largest absolute Gasteiger partial charge is 0.497 e. The molecule has 1 aliphatic carbocycles. The van der Waals surface area contributed by atoms with Crippen LogP contribution in [0.5, 0.6) is 5.75 Å². The van der Waals surface area contributed by atoms with Crippen LogP contribution in [0, 0.1) is 0 Å². The highest BCUT2D eigenvalue weighted by molar-refractivity contribution is 5.82. The van der Waals surface area contributed by atoms with Crippen LogP contribution in [0.3, 0.4) is 0 Å². The first-order valence-electron chi connectivity index (χ1n) is 6.89. The zero-order chi connectivity index (χ0) is 15.3. The number of nitrogens with zero attached hydrogens (tertiary/aromatic N) is 1. The van der Waals surface area contributed by atoms with E-state index in [1.54, 1.807) is 7.11 Å². The standard InChI is InChI=1S/C15H16F3NO2/c1-21-11-2-3-12-10(8-11)4-7-19(9-14(12)5-6-14)13(20)15(16,17)18/h2-3,8H,4-7,9H2,1H3. The van der Waals surface area contributed by atoms with E-state index in [0.717, 1.165) is 28.9 Å². The number of amides is 1. The molecule has 1 aromatic rings. The Morgan fingerprint density at radius 2 is 2.05 bits per heavy atom. The van der Waals surface area contributed by atoms with E-state index in [4.69, 9.17) is 4.74 Å². The molecule has 1 fully saturated rings. The van der Waals surface area contributed by atoms with Crippen LogP contribution >= 0.6 is 0 Å². The molecule has 1 aliphatic heterocycles. The van der Waals surface area contributed by atoms with Gasteiger partial charge < -0.3 is 9.64 Å². The Morgan fingerprint density at radius 3 is 2.62 bits per heavy atom. The number of ether oxygens (including phenoxy) is 1. The summed E-state index contributed by atoms with van der Waals surface area (Å²) >= 11 is 0. The third kappa shape index (κ3) is 2.47. The highest BCUT2D eigenvalue weighted by atomic mass is 19.4. The maximum atomic E-state index is 12.7. The van der Waals surface area contributed by atoms with Crippen molar-refractivity contribution in [2.45, 2.75) is 30.9 Å². The maximum absolute atomic E-state index is 12.7. The van der Waals surface area contributed by atoms with Crippen molar-refractivity contribution in [3.8, 4) is 5.75 Å². The van der Waals surface area contributed by atoms with Gasteiger partial charge in [0.25, 0.3) is 0 Å². The van der Waals surface area contributed by atoms with Gasteiger partial charge in [0.05, 0.1) is 7.11 Å². The summed E-state index contributed by atoms with van der Waals surface area (Å²) < 4.78 is 43.2. The average molecular weight is 299 g/mol. The van der Waals surface area contributed by atoms with Crippen LogP contribution in [-0.2, 0) is 16.6 Å². The third-order valence-corrected chi connectivity index (χ3v) is 4.41. The van der Waals surface area contributed by atoms with Crippen molar-refractivity contribution >= 4 is 5.91 Å². The summed E-state index contributed by atoms with van der Waals surface area (Å²) in [6.45, 7) is 0.255. The summed E-state index contributed by atoms with van der Waals surface area (Å²) in [4.78, 5) is 12.5. The molecule has 0 saturated heterocycles. The smallest absolute Gasteiger partial charge is 0.471 e. The van der Waals surface area contributed by atoms with E-state index in [2.05, 4.69) is 0 Å². The van der Waals surface area contributed by atoms with Gasteiger partial charge >= 0.3 is 12.1 Å². The SMILES string of the molecule is COc1ccc2c(c1)CCN(C(=O)C(F)(F)F)CC21CC1. The molecule has 0 radical (unpaired) electrons. The number of fused-ring (bicyclic) bond motifs is 2. The molecule has 21 heavy (non-hydrogen) atoms. The second kappa shape index (κ2) is 4.64. The number of alkyl halides is 3. The minimum atomic E-state index is -4.80. The molecule has 1 heterocycles. The van der Waals surface area contributed by atoms with Gasteiger partial charge in [-0.3, -0.25) is 4.79 Å². The van der Waals surface area contributed by atoms with Crippen molar-refractivity contribution in [3.63, 3.8) is 0 Å². The van der Waals surface area contributed by atoms with Gasteiger partial charge in [-0.25, -0.2) is 0 Å². The number of benzene rings is 1. The van der Waals surface area contributed by atoms with E-state index < -0.39 is 12.1 Å².